The number of fused-ring (bicyclic) bond motifs is 1. The molecule has 23 heavy (non-hydrogen) atoms. The van der Waals surface area contributed by atoms with Gasteiger partial charge >= 0.3 is 5.97 Å². The number of benzene rings is 2. The minimum atomic E-state index is -0.931. The van der Waals surface area contributed by atoms with Gasteiger partial charge in [0.15, 0.2) is 11.5 Å². The van der Waals surface area contributed by atoms with E-state index in [1.807, 2.05) is 48.0 Å². The summed E-state index contributed by atoms with van der Waals surface area (Å²) in [6.45, 7) is 0.369. The Morgan fingerprint density at radius 1 is 1.13 bits per heavy atom. The van der Waals surface area contributed by atoms with Crippen LogP contribution in [0.25, 0.3) is 10.9 Å². The van der Waals surface area contributed by atoms with Crippen molar-refractivity contribution in [1.82, 2.24) is 4.57 Å². The van der Waals surface area contributed by atoms with Crippen LogP contribution in [0.15, 0.2) is 48.5 Å². The highest BCUT2D eigenvalue weighted by Crippen LogP contribution is 2.27. The van der Waals surface area contributed by atoms with Crippen molar-refractivity contribution in [1.29, 1.82) is 0 Å². The highest BCUT2D eigenvalue weighted by molar-refractivity contribution is 5.93. The Kier molecular flexibility index (Phi) is 3.93. The summed E-state index contributed by atoms with van der Waals surface area (Å²) in [5.41, 5.74) is 2.09. The topological polar surface area (TPSA) is 60.7 Å². The van der Waals surface area contributed by atoms with Crippen LogP contribution in [0.5, 0.6) is 11.5 Å². The molecule has 0 aliphatic carbocycles. The lowest BCUT2D eigenvalue weighted by Crippen LogP contribution is -2.03. The summed E-state index contributed by atoms with van der Waals surface area (Å²) in [4.78, 5) is 11.1. The van der Waals surface area contributed by atoms with Crippen molar-refractivity contribution < 1.29 is 19.4 Å². The number of rotatable bonds is 5. The van der Waals surface area contributed by atoms with E-state index in [4.69, 9.17) is 14.6 Å². The second-order valence-electron chi connectivity index (χ2n) is 5.21. The standard InChI is InChI=1S/C18H17NO4/c1-19-14(11-23-17-6-4-3-5-16(17)22-2)9-12-7-8-13(18(20)21)10-15(12)19/h3-10H,11H2,1-2H3,(H,20,21). The number of carbonyl (C=O) groups is 1. The van der Waals surface area contributed by atoms with Crippen LogP contribution in [0.1, 0.15) is 16.1 Å². The minimum Gasteiger partial charge on any atom is -0.493 e. The van der Waals surface area contributed by atoms with Crippen LogP contribution < -0.4 is 9.47 Å². The molecule has 5 nitrogen and oxygen atoms in total. The summed E-state index contributed by atoms with van der Waals surface area (Å²) in [5, 5.41) is 10.1. The molecule has 1 heterocycles. The molecule has 0 aliphatic rings. The van der Waals surface area contributed by atoms with E-state index in [0.29, 0.717) is 18.1 Å². The lowest BCUT2D eigenvalue weighted by molar-refractivity contribution is 0.0697. The third-order valence-electron chi connectivity index (χ3n) is 3.84. The van der Waals surface area contributed by atoms with Gasteiger partial charge in [-0.15, -0.1) is 0 Å². The van der Waals surface area contributed by atoms with Crippen LogP contribution in [-0.2, 0) is 13.7 Å². The monoisotopic (exact) mass is 311 g/mol. The number of para-hydroxylation sites is 2. The molecule has 0 unspecified atom stereocenters. The van der Waals surface area contributed by atoms with Crippen LogP contribution in [0.2, 0.25) is 0 Å². The zero-order valence-electron chi connectivity index (χ0n) is 12.9. The van der Waals surface area contributed by atoms with Gasteiger partial charge in [-0.05, 0) is 30.3 Å². The Morgan fingerprint density at radius 3 is 2.57 bits per heavy atom. The van der Waals surface area contributed by atoms with Gasteiger partial charge in [0.05, 0.1) is 18.4 Å². The third kappa shape index (κ3) is 2.85. The molecule has 2 aromatic carbocycles. The first-order valence-electron chi connectivity index (χ1n) is 7.17. The number of methoxy groups -OCH3 is 1. The maximum Gasteiger partial charge on any atom is 0.335 e. The van der Waals surface area contributed by atoms with Crippen molar-refractivity contribution in [2.75, 3.05) is 7.11 Å². The zero-order chi connectivity index (χ0) is 16.4. The predicted molar refractivity (Wildman–Crippen MR) is 87.2 cm³/mol. The number of carboxylic acids is 1. The number of aryl methyl sites for hydroxylation is 1. The van der Waals surface area contributed by atoms with Crippen molar-refractivity contribution in [3.63, 3.8) is 0 Å². The van der Waals surface area contributed by atoms with E-state index in [9.17, 15) is 4.79 Å². The molecule has 0 saturated heterocycles. The largest absolute Gasteiger partial charge is 0.493 e. The first kappa shape index (κ1) is 15.0. The van der Waals surface area contributed by atoms with Crippen LogP contribution >= 0.6 is 0 Å². The molecular weight excluding hydrogens is 294 g/mol. The molecule has 0 spiro atoms. The van der Waals surface area contributed by atoms with Gasteiger partial charge in [0.25, 0.3) is 0 Å². The molecule has 3 aromatic rings. The lowest BCUT2D eigenvalue weighted by atomic mass is 10.1. The SMILES string of the molecule is COc1ccccc1OCc1cc2ccc(C(=O)O)cc2n1C. The van der Waals surface area contributed by atoms with Gasteiger partial charge in [0.2, 0.25) is 0 Å². The quantitative estimate of drug-likeness (QED) is 0.784. The summed E-state index contributed by atoms with van der Waals surface area (Å²) < 4.78 is 13.0. The molecule has 0 bridgehead atoms. The summed E-state index contributed by atoms with van der Waals surface area (Å²) in [7, 11) is 3.50. The fourth-order valence-electron chi connectivity index (χ4n) is 2.55. The lowest BCUT2D eigenvalue weighted by Gasteiger charge is -2.11. The first-order valence-corrected chi connectivity index (χ1v) is 7.17. The number of hydrogen-bond donors (Lipinski definition) is 1. The summed E-state index contributed by atoms with van der Waals surface area (Å²) in [5.74, 6) is 0.422. The van der Waals surface area contributed by atoms with Crippen molar-refractivity contribution in [3.8, 4) is 11.5 Å². The maximum atomic E-state index is 11.1. The van der Waals surface area contributed by atoms with Crippen LogP contribution in [0.3, 0.4) is 0 Å². The van der Waals surface area contributed by atoms with E-state index >= 15 is 0 Å². The molecule has 0 radical (unpaired) electrons. The molecule has 0 atom stereocenters. The molecule has 0 aliphatic heterocycles. The van der Waals surface area contributed by atoms with Gasteiger partial charge in [-0.3, -0.25) is 0 Å². The number of hydrogen-bond acceptors (Lipinski definition) is 3. The second kappa shape index (κ2) is 6.04. The second-order valence-corrected chi connectivity index (χ2v) is 5.21. The Morgan fingerprint density at radius 2 is 1.87 bits per heavy atom. The summed E-state index contributed by atoms with van der Waals surface area (Å²) >= 11 is 0. The first-order chi connectivity index (χ1) is 11.1. The number of ether oxygens (including phenoxy) is 2. The number of carboxylic acid groups (broad SMARTS) is 1. The zero-order valence-corrected chi connectivity index (χ0v) is 12.9. The number of aromatic carboxylic acids is 1. The Balaban J connectivity index is 1.88. The molecule has 1 N–H and O–H groups in total. The average Bonchev–Trinajstić information content (AvgIpc) is 2.88. The van der Waals surface area contributed by atoms with Crippen molar-refractivity contribution in [2.45, 2.75) is 6.61 Å². The Hall–Kier alpha value is -2.95. The Labute approximate surface area is 133 Å². The van der Waals surface area contributed by atoms with Gasteiger partial charge in [0, 0.05) is 18.0 Å². The molecule has 3 rings (SSSR count). The van der Waals surface area contributed by atoms with E-state index in [1.54, 1.807) is 19.2 Å². The molecule has 0 fully saturated rings. The highest BCUT2D eigenvalue weighted by Gasteiger charge is 2.11. The molecule has 1 aromatic heterocycles. The van der Waals surface area contributed by atoms with Gasteiger partial charge in [-0.1, -0.05) is 18.2 Å². The fourth-order valence-corrected chi connectivity index (χ4v) is 2.55. The summed E-state index contributed by atoms with van der Waals surface area (Å²) in [6, 6.07) is 14.6. The van der Waals surface area contributed by atoms with Gasteiger partial charge in [-0.25, -0.2) is 4.79 Å². The van der Waals surface area contributed by atoms with E-state index < -0.39 is 5.97 Å². The van der Waals surface area contributed by atoms with Crippen molar-refractivity contribution >= 4 is 16.9 Å². The molecule has 5 heteroatoms. The predicted octanol–water partition coefficient (Wildman–Crippen LogP) is 3.46. The number of aromatic nitrogens is 1. The van der Waals surface area contributed by atoms with Crippen molar-refractivity contribution in [2.24, 2.45) is 7.05 Å². The van der Waals surface area contributed by atoms with E-state index in [2.05, 4.69) is 0 Å². The average molecular weight is 311 g/mol. The van der Waals surface area contributed by atoms with E-state index in [0.717, 1.165) is 16.6 Å². The van der Waals surface area contributed by atoms with Gasteiger partial charge < -0.3 is 19.1 Å². The van der Waals surface area contributed by atoms with Gasteiger partial charge in [-0.2, -0.15) is 0 Å². The maximum absolute atomic E-state index is 11.1. The fraction of sp³-hybridized carbons (Fsp3) is 0.167. The molecular formula is C18H17NO4. The van der Waals surface area contributed by atoms with E-state index in [1.165, 1.54) is 0 Å². The Bertz CT molecular complexity index is 867. The smallest absolute Gasteiger partial charge is 0.335 e. The van der Waals surface area contributed by atoms with Crippen LogP contribution in [0.4, 0.5) is 0 Å². The normalized spacial score (nSPS) is 10.7. The summed E-state index contributed by atoms with van der Waals surface area (Å²) in [6.07, 6.45) is 0. The number of nitrogens with zero attached hydrogens (tertiary/aromatic N) is 1. The van der Waals surface area contributed by atoms with Crippen LogP contribution in [-0.4, -0.2) is 22.8 Å². The third-order valence-corrected chi connectivity index (χ3v) is 3.84. The van der Waals surface area contributed by atoms with Gasteiger partial charge in [0.1, 0.15) is 6.61 Å². The molecule has 0 saturated carbocycles. The van der Waals surface area contributed by atoms with E-state index in [-0.39, 0.29) is 5.56 Å². The minimum absolute atomic E-state index is 0.274. The highest BCUT2D eigenvalue weighted by atomic mass is 16.5. The molecule has 0 amide bonds. The molecule has 118 valence electrons. The van der Waals surface area contributed by atoms with Crippen LogP contribution in [0, 0.1) is 0 Å². The van der Waals surface area contributed by atoms with Crippen molar-refractivity contribution in [3.05, 3.63) is 59.8 Å².